The van der Waals surface area contributed by atoms with Crippen molar-refractivity contribution in [2.45, 2.75) is 5.16 Å². The van der Waals surface area contributed by atoms with E-state index in [9.17, 15) is 0 Å². The van der Waals surface area contributed by atoms with Crippen molar-refractivity contribution in [3.63, 3.8) is 0 Å². The van der Waals surface area contributed by atoms with Gasteiger partial charge in [-0.15, -0.1) is 0 Å². The molecule has 17 heavy (non-hydrogen) atoms. The highest BCUT2D eigenvalue weighted by Gasteiger charge is 2.03. The Bertz CT molecular complexity index is 533. The lowest BCUT2D eigenvalue weighted by Gasteiger charge is -2.09. The summed E-state index contributed by atoms with van der Waals surface area (Å²) >= 11 is 7.39. The minimum atomic E-state index is 0.624. The Morgan fingerprint density at radius 3 is 2.94 bits per heavy atom. The molecular formula is C11H11ClN4S. The molecule has 0 aliphatic heterocycles. The zero-order valence-corrected chi connectivity index (χ0v) is 10.7. The Morgan fingerprint density at radius 2 is 2.18 bits per heavy atom. The van der Waals surface area contributed by atoms with Crippen molar-refractivity contribution in [1.82, 2.24) is 9.97 Å². The van der Waals surface area contributed by atoms with Crippen LogP contribution in [0.2, 0.25) is 5.02 Å². The third-order valence-corrected chi connectivity index (χ3v) is 2.89. The van der Waals surface area contributed by atoms with Gasteiger partial charge in [0.2, 0.25) is 0 Å². The topological polar surface area (TPSA) is 63.8 Å². The molecule has 1 aromatic carbocycles. The fourth-order valence-electron chi connectivity index (χ4n) is 1.28. The molecular weight excluding hydrogens is 256 g/mol. The maximum absolute atomic E-state index is 5.91. The van der Waals surface area contributed by atoms with Crippen molar-refractivity contribution in [3.05, 3.63) is 35.5 Å². The van der Waals surface area contributed by atoms with Crippen LogP contribution in [-0.4, -0.2) is 16.2 Å². The molecule has 0 unspecified atom stereocenters. The number of nitrogens with two attached hydrogens (primary N) is 1. The molecule has 0 saturated carbocycles. The summed E-state index contributed by atoms with van der Waals surface area (Å²) < 4.78 is 0. The molecule has 0 spiro atoms. The Balaban J connectivity index is 2.27. The van der Waals surface area contributed by atoms with E-state index >= 15 is 0 Å². The first kappa shape index (κ1) is 12.0. The molecule has 0 aliphatic carbocycles. The summed E-state index contributed by atoms with van der Waals surface area (Å²) in [4.78, 5) is 8.39. The molecule has 2 rings (SSSR count). The average molecular weight is 267 g/mol. The number of benzene rings is 1. The van der Waals surface area contributed by atoms with E-state index in [0.717, 1.165) is 5.69 Å². The number of nitrogens with one attached hydrogen (secondary N) is 1. The van der Waals surface area contributed by atoms with Crippen molar-refractivity contribution >= 4 is 40.6 Å². The number of thioether (sulfide) groups is 1. The monoisotopic (exact) mass is 266 g/mol. The first-order valence-electron chi connectivity index (χ1n) is 4.88. The molecule has 0 bridgehead atoms. The van der Waals surface area contributed by atoms with Gasteiger partial charge in [-0.2, -0.15) is 0 Å². The number of nitrogen functional groups attached to an aromatic ring is 1. The summed E-state index contributed by atoms with van der Waals surface area (Å²) in [6.07, 6.45) is 3.62. The molecule has 1 aromatic heterocycles. The van der Waals surface area contributed by atoms with Crippen LogP contribution in [0, 0.1) is 0 Å². The van der Waals surface area contributed by atoms with Crippen LogP contribution in [0.3, 0.4) is 0 Å². The first-order chi connectivity index (χ1) is 8.19. The van der Waals surface area contributed by atoms with Crippen molar-refractivity contribution in [2.75, 3.05) is 17.3 Å². The van der Waals surface area contributed by atoms with Gasteiger partial charge in [-0.3, -0.25) is 0 Å². The molecule has 0 amide bonds. The minimum Gasteiger partial charge on any atom is -0.397 e. The lowest BCUT2D eigenvalue weighted by atomic mass is 10.2. The molecule has 0 atom stereocenters. The van der Waals surface area contributed by atoms with E-state index in [1.165, 1.54) is 11.8 Å². The van der Waals surface area contributed by atoms with E-state index in [1.54, 1.807) is 30.5 Å². The average Bonchev–Trinajstić information content (AvgIpc) is 2.34. The van der Waals surface area contributed by atoms with Crippen LogP contribution in [0.5, 0.6) is 0 Å². The second kappa shape index (κ2) is 5.25. The molecule has 0 fully saturated rings. The summed E-state index contributed by atoms with van der Waals surface area (Å²) in [5.74, 6) is 0.693. The summed E-state index contributed by atoms with van der Waals surface area (Å²) in [5.41, 5.74) is 7.20. The smallest absolute Gasteiger partial charge is 0.189 e. The largest absolute Gasteiger partial charge is 0.397 e. The van der Waals surface area contributed by atoms with Gasteiger partial charge in [0.05, 0.1) is 11.4 Å². The summed E-state index contributed by atoms with van der Waals surface area (Å²) in [6.45, 7) is 0. The Kier molecular flexibility index (Phi) is 3.71. The molecule has 0 aliphatic rings. The number of hydrogen-bond donors (Lipinski definition) is 2. The third kappa shape index (κ3) is 3.01. The highest BCUT2D eigenvalue weighted by atomic mass is 35.5. The summed E-state index contributed by atoms with van der Waals surface area (Å²) in [6, 6.07) is 7.04. The molecule has 4 nitrogen and oxygen atoms in total. The number of rotatable bonds is 3. The predicted octanol–water partition coefficient (Wildman–Crippen LogP) is 3.18. The molecule has 1 heterocycles. The van der Waals surface area contributed by atoms with Crippen LogP contribution >= 0.6 is 23.4 Å². The molecule has 2 aromatic rings. The number of halogens is 1. The van der Waals surface area contributed by atoms with Crippen LogP contribution in [0.15, 0.2) is 35.6 Å². The van der Waals surface area contributed by atoms with Crippen molar-refractivity contribution in [3.8, 4) is 0 Å². The van der Waals surface area contributed by atoms with Crippen LogP contribution < -0.4 is 11.1 Å². The van der Waals surface area contributed by atoms with Crippen molar-refractivity contribution in [1.29, 1.82) is 0 Å². The summed E-state index contributed by atoms with van der Waals surface area (Å²) in [5, 5.41) is 4.44. The number of nitrogens with zero attached hydrogens (tertiary/aromatic N) is 2. The van der Waals surface area contributed by atoms with Gasteiger partial charge < -0.3 is 11.1 Å². The Hall–Kier alpha value is -1.46. The quantitative estimate of drug-likeness (QED) is 0.507. The van der Waals surface area contributed by atoms with Gasteiger partial charge in [0.15, 0.2) is 5.16 Å². The Labute approximate surface area is 109 Å². The van der Waals surface area contributed by atoms with Gasteiger partial charge in [-0.05, 0) is 30.5 Å². The van der Waals surface area contributed by atoms with E-state index < -0.39 is 0 Å². The SMILES string of the molecule is CSc1nccc(Nc2cc(Cl)ccc2N)n1. The predicted molar refractivity (Wildman–Crippen MR) is 73.0 cm³/mol. The van der Waals surface area contributed by atoms with Crippen LogP contribution in [-0.2, 0) is 0 Å². The number of hydrogen-bond acceptors (Lipinski definition) is 5. The van der Waals surface area contributed by atoms with Crippen LogP contribution in [0.4, 0.5) is 17.2 Å². The molecule has 0 saturated heterocycles. The first-order valence-corrected chi connectivity index (χ1v) is 6.48. The number of aromatic nitrogens is 2. The van der Waals surface area contributed by atoms with Gasteiger partial charge in [0.1, 0.15) is 5.82 Å². The standard InChI is InChI=1S/C11H11ClN4S/c1-17-11-14-5-4-10(16-11)15-9-6-7(12)2-3-8(9)13/h2-6H,13H2,1H3,(H,14,15,16). The molecule has 0 radical (unpaired) electrons. The number of anilines is 3. The zero-order chi connectivity index (χ0) is 12.3. The van der Waals surface area contributed by atoms with E-state index in [-0.39, 0.29) is 0 Å². The lowest BCUT2D eigenvalue weighted by Crippen LogP contribution is -1.99. The maximum Gasteiger partial charge on any atom is 0.189 e. The van der Waals surface area contributed by atoms with E-state index in [2.05, 4.69) is 15.3 Å². The second-order valence-electron chi connectivity index (χ2n) is 3.29. The van der Waals surface area contributed by atoms with Crippen molar-refractivity contribution < 1.29 is 0 Å². The third-order valence-electron chi connectivity index (χ3n) is 2.09. The van der Waals surface area contributed by atoms with Crippen molar-refractivity contribution in [2.24, 2.45) is 0 Å². The molecule has 88 valence electrons. The van der Waals surface area contributed by atoms with Gasteiger partial charge >= 0.3 is 0 Å². The normalized spacial score (nSPS) is 10.2. The molecule has 3 N–H and O–H groups in total. The maximum atomic E-state index is 5.91. The Morgan fingerprint density at radius 1 is 1.35 bits per heavy atom. The highest BCUT2D eigenvalue weighted by Crippen LogP contribution is 2.26. The zero-order valence-electron chi connectivity index (χ0n) is 9.14. The summed E-state index contributed by atoms with van der Waals surface area (Å²) in [7, 11) is 0. The van der Waals surface area contributed by atoms with E-state index in [0.29, 0.717) is 21.7 Å². The highest BCUT2D eigenvalue weighted by molar-refractivity contribution is 7.98. The van der Waals surface area contributed by atoms with Gasteiger partial charge in [-0.1, -0.05) is 23.4 Å². The van der Waals surface area contributed by atoms with Gasteiger partial charge in [-0.25, -0.2) is 9.97 Å². The fraction of sp³-hybridized carbons (Fsp3) is 0.0909. The lowest BCUT2D eigenvalue weighted by molar-refractivity contribution is 0.976. The van der Waals surface area contributed by atoms with Gasteiger partial charge in [0.25, 0.3) is 0 Å². The molecule has 6 heteroatoms. The van der Waals surface area contributed by atoms with Crippen LogP contribution in [0.1, 0.15) is 0 Å². The van der Waals surface area contributed by atoms with Crippen LogP contribution in [0.25, 0.3) is 0 Å². The fourth-order valence-corrected chi connectivity index (χ4v) is 1.81. The van der Waals surface area contributed by atoms with E-state index in [1.807, 2.05) is 6.26 Å². The second-order valence-corrected chi connectivity index (χ2v) is 4.49. The van der Waals surface area contributed by atoms with Gasteiger partial charge in [0, 0.05) is 11.2 Å². The minimum absolute atomic E-state index is 0.624. The van der Waals surface area contributed by atoms with E-state index in [4.69, 9.17) is 17.3 Å².